The summed E-state index contributed by atoms with van der Waals surface area (Å²) in [5.74, 6) is 0. The van der Waals surface area contributed by atoms with E-state index in [2.05, 4.69) is 29.6 Å². The first kappa shape index (κ1) is 8.45. The van der Waals surface area contributed by atoms with Gasteiger partial charge in [0.15, 0.2) is 0 Å². The van der Waals surface area contributed by atoms with Crippen molar-refractivity contribution in [3.8, 4) is 0 Å². The number of hydrogen-bond acceptors (Lipinski definition) is 2. The standard InChI is InChI=1S/C12H15NO/c1-2-4-10-9(3-1)6-8-14-12(10)11-5-7-13-11/h1-4,11-13H,5-8H2. The van der Waals surface area contributed by atoms with E-state index in [1.54, 1.807) is 0 Å². The largest absolute Gasteiger partial charge is 0.372 e. The smallest absolute Gasteiger partial charge is 0.0981 e. The molecule has 0 amide bonds. The molecule has 2 heteroatoms. The minimum Gasteiger partial charge on any atom is -0.372 e. The van der Waals surface area contributed by atoms with Gasteiger partial charge < -0.3 is 10.1 Å². The first-order valence-electron chi connectivity index (χ1n) is 5.38. The van der Waals surface area contributed by atoms with Crippen molar-refractivity contribution >= 4 is 0 Å². The van der Waals surface area contributed by atoms with E-state index in [4.69, 9.17) is 4.74 Å². The van der Waals surface area contributed by atoms with Crippen LogP contribution in [0.25, 0.3) is 0 Å². The molecule has 1 fully saturated rings. The van der Waals surface area contributed by atoms with Crippen molar-refractivity contribution in [1.29, 1.82) is 0 Å². The molecule has 0 spiro atoms. The third-order valence-electron chi connectivity index (χ3n) is 3.26. The predicted octanol–water partition coefficient (Wildman–Crippen LogP) is 1.66. The van der Waals surface area contributed by atoms with Gasteiger partial charge in [-0.15, -0.1) is 0 Å². The average Bonchev–Trinajstić information content (AvgIpc) is 2.16. The fraction of sp³-hybridized carbons (Fsp3) is 0.500. The van der Waals surface area contributed by atoms with Crippen molar-refractivity contribution in [2.75, 3.05) is 13.2 Å². The van der Waals surface area contributed by atoms with Crippen LogP contribution < -0.4 is 5.32 Å². The molecule has 1 saturated heterocycles. The maximum absolute atomic E-state index is 5.85. The second-order valence-corrected chi connectivity index (χ2v) is 4.09. The van der Waals surface area contributed by atoms with E-state index in [-0.39, 0.29) is 0 Å². The number of ether oxygens (including phenoxy) is 1. The van der Waals surface area contributed by atoms with Crippen molar-refractivity contribution in [1.82, 2.24) is 5.32 Å². The summed E-state index contributed by atoms with van der Waals surface area (Å²) in [5.41, 5.74) is 2.87. The Balaban J connectivity index is 1.93. The molecule has 1 aromatic carbocycles. The molecule has 2 aliphatic heterocycles. The van der Waals surface area contributed by atoms with Crippen molar-refractivity contribution in [2.45, 2.75) is 25.0 Å². The van der Waals surface area contributed by atoms with Crippen LogP contribution >= 0.6 is 0 Å². The molecule has 3 rings (SSSR count). The van der Waals surface area contributed by atoms with E-state index in [0.717, 1.165) is 19.6 Å². The molecule has 2 heterocycles. The van der Waals surface area contributed by atoms with Crippen LogP contribution in [0.2, 0.25) is 0 Å². The Bertz CT molecular complexity index is 333. The number of nitrogens with one attached hydrogen (secondary N) is 1. The van der Waals surface area contributed by atoms with Crippen molar-refractivity contribution in [3.63, 3.8) is 0 Å². The zero-order valence-corrected chi connectivity index (χ0v) is 8.20. The Kier molecular flexibility index (Phi) is 2.03. The summed E-state index contributed by atoms with van der Waals surface area (Å²) in [6, 6.07) is 9.22. The van der Waals surface area contributed by atoms with Crippen LogP contribution in [0.15, 0.2) is 24.3 Å². The predicted molar refractivity (Wildman–Crippen MR) is 55.2 cm³/mol. The molecule has 0 aliphatic carbocycles. The second kappa shape index (κ2) is 3.37. The van der Waals surface area contributed by atoms with Gasteiger partial charge in [0.25, 0.3) is 0 Å². The SMILES string of the molecule is c1ccc2c(c1)CCOC2C1CCN1. The van der Waals surface area contributed by atoms with Gasteiger partial charge in [-0.2, -0.15) is 0 Å². The first-order valence-corrected chi connectivity index (χ1v) is 5.38. The highest BCUT2D eigenvalue weighted by atomic mass is 16.5. The van der Waals surface area contributed by atoms with Crippen molar-refractivity contribution < 1.29 is 4.74 Å². The van der Waals surface area contributed by atoms with Gasteiger partial charge in [0, 0.05) is 6.04 Å². The maximum atomic E-state index is 5.85. The molecule has 0 bridgehead atoms. The van der Waals surface area contributed by atoms with E-state index >= 15 is 0 Å². The minimum atomic E-state index is 0.300. The van der Waals surface area contributed by atoms with Gasteiger partial charge in [-0.05, 0) is 30.5 Å². The van der Waals surface area contributed by atoms with Gasteiger partial charge in [-0.1, -0.05) is 24.3 Å². The monoisotopic (exact) mass is 189 g/mol. The van der Waals surface area contributed by atoms with Gasteiger partial charge in [-0.25, -0.2) is 0 Å². The average molecular weight is 189 g/mol. The van der Waals surface area contributed by atoms with Gasteiger partial charge in [0.1, 0.15) is 0 Å². The van der Waals surface area contributed by atoms with Crippen molar-refractivity contribution in [3.05, 3.63) is 35.4 Å². The number of benzene rings is 1. The summed E-state index contributed by atoms with van der Waals surface area (Å²) in [7, 11) is 0. The van der Waals surface area contributed by atoms with Crippen LogP contribution in [0.3, 0.4) is 0 Å². The molecule has 2 nitrogen and oxygen atoms in total. The van der Waals surface area contributed by atoms with Crippen molar-refractivity contribution in [2.24, 2.45) is 0 Å². The Morgan fingerprint density at radius 3 is 2.93 bits per heavy atom. The Morgan fingerprint density at radius 1 is 1.29 bits per heavy atom. The lowest BCUT2D eigenvalue weighted by molar-refractivity contribution is -0.00149. The van der Waals surface area contributed by atoms with E-state index in [9.17, 15) is 0 Å². The lowest BCUT2D eigenvalue weighted by Gasteiger charge is -2.38. The van der Waals surface area contributed by atoms with Crippen LogP contribution in [0.5, 0.6) is 0 Å². The lowest BCUT2D eigenvalue weighted by atomic mass is 9.89. The number of fused-ring (bicyclic) bond motifs is 1. The van der Waals surface area contributed by atoms with Crippen LogP contribution in [0.1, 0.15) is 23.7 Å². The third kappa shape index (κ3) is 1.26. The molecule has 74 valence electrons. The van der Waals surface area contributed by atoms with Crippen LogP contribution in [0, 0.1) is 0 Å². The molecule has 2 unspecified atom stereocenters. The molecule has 0 saturated carbocycles. The summed E-state index contributed by atoms with van der Waals surface area (Å²) in [5, 5.41) is 3.43. The van der Waals surface area contributed by atoms with E-state index < -0.39 is 0 Å². The molecule has 0 aromatic heterocycles. The highest BCUT2D eigenvalue weighted by Crippen LogP contribution is 2.32. The van der Waals surface area contributed by atoms with Gasteiger partial charge >= 0.3 is 0 Å². The second-order valence-electron chi connectivity index (χ2n) is 4.09. The highest BCUT2D eigenvalue weighted by molar-refractivity contribution is 5.32. The zero-order valence-electron chi connectivity index (χ0n) is 8.20. The maximum Gasteiger partial charge on any atom is 0.0981 e. The molecule has 2 atom stereocenters. The molecule has 1 N–H and O–H groups in total. The number of hydrogen-bond donors (Lipinski definition) is 1. The van der Waals surface area contributed by atoms with E-state index in [0.29, 0.717) is 12.1 Å². The van der Waals surface area contributed by atoms with Crippen LogP contribution in [-0.4, -0.2) is 19.2 Å². The summed E-state index contributed by atoms with van der Waals surface area (Å²) >= 11 is 0. The minimum absolute atomic E-state index is 0.300. The Morgan fingerprint density at radius 2 is 2.14 bits per heavy atom. The van der Waals surface area contributed by atoms with Crippen LogP contribution in [-0.2, 0) is 11.2 Å². The fourth-order valence-electron chi connectivity index (χ4n) is 2.33. The Hall–Kier alpha value is -0.860. The van der Waals surface area contributed by atoms with Gasteiger partial charge in [0.05, 0.1) is 12.7 Å². The van der Waals surface area contributed by atoms with Crippen LogP contribution in [0.4, 0.5) is 0 Å². The number of rotatable bonds is 1. The summed E-state index contributed by atoms with van der Waals surface area (Å²) in [6.07, 6.45) is 2.62. The third-order valence-corrected chi connectivity index (χ3v) is 3.26. The molecule has 0 radical (unpaired) electrons. The molecular formula is C12H15NO. The normalized spacial score (nSPS) is 30.6. The van der Waals surface area contributed by atoms with Gasteiger partial charge in [-0.3, -0.25) is 0 Å². The first-order chi connectivity index (χ1) is 6.95. The summed E-state index contributed by atoms with van der Waals surface area (Å²) in [6.45, 7) is 2.02. The fourth-order valence-corrected chi connectivity index (χ4v) is 2.33. The zero-order chi connectivity index (χ0) is 9.38. The topological polar surface area (TPSA) is 21.3 Å². The lowest BCUT2D eigenvalue weighted by Crippen LogP contribution is -2.48. The molecular weight excluding hydrogens is 174 g/mol. The van der Waals surface area contributed by atoms with E-state index in [1.165, 1.54) is 17.5 Å². The quantitative estimate of drug-likeness (QED) is 0.725. The summed E-state index contributed by atoms with van der Waals surface area (Å²) in [4.78, 5) is 0. The van der Waals surface area contributed by atoms with E-state index in [1.807, 2.05) is 0 Å². The summed E-state index contributed by atoms with van der Waals surface area (Å²) < 4.78 is 5.85. The van der Waals surface area contributed by atoms with Gasteiger partial charge in [0.2, 0.25) is 0 Å². The molecule has 14 heavy (non-hydrogen) atoms. The molecule has 1 aromatic rings. The highest BCUT2D eigenvalue weighted by Gasteiger charge is 2.31. The molecule has 2 aliphatic rings. The Labute approximate surface area is 84.3 Å².